The summed E-state index contributed by atoms with van der Waals surface area (Å²) in [5, 5.41) is 3.24. The topological polar surface area (TPSA) is 24.9 Å². The van der Waals surface area contributed by atoms with Crippen molar-refractivity contribution in [3.63, 3.8) is 0 Å². The standard InChI is InChI=1S/C15H16F2N2/c1-2-19-15(6-11-4-3-5-18-10-11)12-7-13(16)9-14(17)8-12/h3-5,7-10,15,19H,2,6H2,1H3. The maximum absolute atomic E-state index is 13.3. The fourth-order valence-electron chi connectivity index (χ4n) is 2.09. The van der Waals surface area contributed by atoms with Gasteiger partial charge in [-0.15, -0.1) is 0 Å². The number of hydrogen-bond acceptors (Lipinski definition) is 2. The predicted molar refractivity (Wildman–Crippen MR) is 70.7 cm³/mol. The number of nitrogens with one attached hydrogen (secondary N) is 1. The van der Waals surface area contributed by atoms with Crippen molar-refractivity contribution in [2.75, 3.05) is 6.54 Å². The van der Waals surface area contributed by atoms with Crippen LogP contribution in [0.2, 0.25) is 0 Å². The molecule has 0 radical (unpaired) electrons. The number of benzene rings is 1. The van der Waals surface area contributed by atoms with Crippen molar-refractivity contribution in [2.45, 2.75) is 19.4 Å². The minimum atomic E-state index is -0.552. The Morgan fingerprint density at radius 1 is 1.21 bits per heavy atom. The first-order valence-corrected chi connectivity index (χ1v) is 6.27. The highest BCUT2D eigenvalue weighted by Gasteiger charge is 2.13. The van der Waals surface area contributed by atoms with Crippen LogP contribution in [0.3, 0.4) is 0 Å². The van der Waals surface area contributed by atoms with Crippen molar-refractivity contribution < 1.29 is 8.78 Å². The highest BCUT2D eigenvalue weighted by Crippen LogP contribution is 2.20. The van der Waals surface area contributed by atoms with Gasteiger partial charge < -0.3 is 5.32 Å². The fourth-order valence-corrected chi connectivity index (χ4v) is 2.09. The summed E-state index contributed by atoms with van der Waals surface area (Å²) in [5.41, 5.74) is 1.64. The van der Waals surface area contributed by atoms with Crippen LogP contribution in [0.5, 0.6) is 0 Å². The number of aromatic nitrogens is 1. The van der Waals surface area contributed by atoms with Crippen LogP contribution >= 0.6 is 0 Å². The third kappa shape index (κ3) is 3.83. The normalized spacial score (nSPS) is 12.4. The summed E-state index contributed by atoms with van der Waals surface area (Å²) in [6.07, 6.45) is 4.11. The summed E-state index contributed by atoms with van der Waals surface area (Å²) in [7, 11) is 0. The van der Waals surface area contributed by atoms with E-state index >= 15 is 0 Å². The summed E-state index contributed by atoms with van der Waals surface area (Å²) in [6.45, 7) is 2.69. The van der Waals surface area contributed by atoms with Crippen LogP contribution in [0.4, 0.5) is 8.78 Å². The van der Waals surface area contributed by atoms with Gasteiger partial charge in [0.05, 0.1) is 0 Å². The summed E-state index contributed by atoms with van der Waals surface area (Å²) in [6, 6.07) is 7.30. The maximum Gasteiger partial charge on any atom is 0.126 e. The Bertz CT molecular complexity index is 509. The number of halogens is 2. The van der Waals surface area contributed by atoms with Gasteiger partial charge in [-0.05, 0) is 42.3 Å². The minimum Gasteiger partial charge on any atom is -0.310 e. The van der Waals surface area contributed by atoms with Crippen LogP contribution in [-0.2, 0) is 6.42 Å². The van der Waals surface area contributed by atoms with Gasteiger partial charge in [0.2, 0.25) is 0 Å². The monoisotopic (exact) mass is 262 g/mol. The van der Waals surface area contributed by atoms with Gasteiger partial charge in [-0.1, -0.05) is 13.0 Å². The van der Waals surface area contributed by atoms with E-state index in [2.05, 4.69) is 10.3 Å². The van der Waals surface area contributed by atoms with Crippen molar-refractivity contribution in [1.29, 1.82) is 0 Å². The molecule has 2 nitrogen and oxygen atoms in total. The Morgan fingerprint density at radius 3 is 2.53 bits per heavy atom. The summed E-state index contributed by atoms with van der Waals surface area (Å²) in [4.78, 5) is 4.05. The number of hydrogen-bond donors (Lipinski definition) is 1. The Labute approximate surface area is 111 Å². The van der Waals surface area contributed by atoms with Crippen molar-refractivity contribution in [2.24, 2.45) is 0 Å². The van der Waals surface area contributed by atoms with Gasteiger partial charge in [-0.25, -0.2) is 8.78 Å². The molecule has 1 heterocycles. The van der Waals surface area contributed by atoms with Crippen LogP contribution in [0.15, 0.2) is 42.7 Å². The molecule has 0 aliphatic rings. The maximum atomic E-state index is 13.3. The molecule has 0 amide bonds. The lowest BCUT2D eigenvalue weighted by atomic mass is 9.99. The summed E-state index contributed by atoms with van der Waals surface area (Å²) in [5.74, 6) is -1.10. The van der Waals surface area contributed by atoms with Crippen molar-refractivity contribution in [3.05, 3.63) is 65.5 Å². The molecule has 0 saturated carbocycles. The lowest BCUT2D eigenvalue weighted by Crippen LogP contribution is -2.23. The van der Waals surface area contributed by atoms with Gasteiger partial charge in [-0.2, -0.15) is 0 Å². The van der Waals surface area contributed by atoms with Crippen molar-refractivity contribution in [1.82, 2.24) is 10.3 Å². The van der Waals surface area contributed by atoms with Gasteiger partial charge in [0.15, 0.2) is 0 Å². The van der Waals surface area contributed by atoms with E-state index in [-0.39, 0.29) is 6.04 Å². The largest absolute Gasteiger partial charge is 0.310 e. The lowest BCUT2D eigenvalue weighted by molar-refractivity contribution is 0.529. The average Bonchev–Trinajstić information content (AvgIpc) is 2.38. The van der Waals surface area contributed by atoms with Gasteiger partial charge in [0, 0.05) is 24.5 Å². The molecular weight excluding hydrogens is 246 g/mol. The van der Waals surface area contributed by atoms with Crippen LogP contribution < -0.4 is 5.32 Å². The van der Waals surface area contributed by atoms with E-state index in [9.17, 15) is 8.78 Å². The van der Waals surface area contributed by atoms with E-state index in [1.807, 2.05) is 19.1 Å². The van der Waals surface area contributed by atoms with Crippen LogP contribution in [0.1, 0.15) is 24.1 Å². The second-order valence-electron chi connectivity index (χ2n) is 4.38. The first-order valence-electron chi connectivity index (χ1n) is 6.27. The van der Waals surface area contributed by atoms with Gasteiger partial charge in [0.1, 0.15) is 11.6 Å². The van der Waals surface area contributed by atoms with Gasteiger partial charge in [0.25, 0.3) is 0 Å². The predicted octanol–water partition coefficient (Wildman–Crippen LogP) is 3.25. The van der Waals surface area contributed by atoms with E-state index in [1.54, 1.807) is 12.4 Å². The first-order chi connectivity index (χ1) is 9.19. The molecule has 2 rings (SSSR count). The molecule has 19 heavy (non-hydrogen) atoms. The molecule has 1 atom stereocenters. The highest BCUT2D eigenvalue weighted by molar-refractivity contribution is 5.24. The quantitative estimate of drug-likeness (QED) is 0.894. The van der Waals surface area contributed by atoms with Crippen LogP contribution in [0, 0.1) is 11.6 Å². The van der Waals surface area contributed by atoms with Crippen molar-refractivity contribution >= 4 is 0 Å². The Hall–Kier alpha value is -1.81. The second kappa shape index (κ2) is 6.38. The van der Waals surface area contributed by atoms with E-state index in [0.29, 0.717) is 12.0 Å². The van der Waals surface area contributed by atoms with E-state index in [4.69, 9.17) is 0 Å². The molecule has 1 aromatic carbocycles. The molecule has 1 aromatic heterocycles. The molecule has 0 saturated heterocycles. The smallest absolute Gasteiger partial charge is 0.126 e. The number of rotatable bonds is 5. The van der Waals surface area contributed by atoms with Crippen LogP contribution in [0.25, 0.3) is 0 Å². The Balaban J connectivity index is 2.24. The summed E-state index contributed by atoms with van der Waals surface area (Å²) >= 11 is 0. The Morgan fingerprint density at radius 2 is 1.95 bits per heavy atom. The molecule has 0 aliphatic carbocycles. The molecule has 1 unspecified atom stereocenters. The third-order valence-electron chi connectivity index (χ3n) is 2.90. The van der Waals surface area contributed by atoms with Gasteiger partial charge >= 0.3 is 0 Å². The van der Waals surface area contributed by atoms with Gasteiger partial charge in [-0.3, -0.25) is 4.98 Å². The lowest BCUT2D eigenvalue weighted by Gasteiger charge is -2.18. The zero-order chi connectivity index (χ0) is 13.7. The third-order valence-corrected chi connectivity index (χ3v) is 2.90. The molecule has 0 aliphatic heterocycles. The highest BCUT2D eigenvalue weighted by atomic mass is 19.1. The average molecular weight is 262 g/mol. The Kier molecular flexibility index (Phi) is 4.58. The van der Waals surface area contributed by atoms with Crippen LogP contribution in [-0.4, -0.2) is 11.5 Å². The molecule has 1 N–H and O–H groups in total. The zero-order valence-electron chi connectivity index (χ0n) is 10.7. The molecule has 0 spiro atoms. The van der Waals surface area contributed by atoms with Crippen molar-refractivity contribution in [3.8, 4) is 0 Å². The first kappa shape index (κ1) is 13.6. The van der Waals surface area contributed by atoms with E-state index < -0.39 is 11.6 Å². The second-order valence-corrected chi connectivity index (χ2v) is 4.38. The molecule has 2 aromatic rings. The molecule has 0 bridgehead atoms. The SMILES string of the molecule is CCNC(Cc1cccnc1)c1cc(F)cc(F)c1. The number of likely N-dealkylation sites (N-methyl/N-ethyl adjacent to an activating group) is 1. The zero-order valence-corrected chi connectivity index (χ0v) is 10.7. The van der Waals surface area contributed by atoms with E-state index in [0.717, 1.165) is 18.2 Å². The van der Waals surface area contributed by atoms with E-state index in [1.165, 1.54) is 12.1 Å². The minimum absolute atomic E-state index is 0.126. The fraction of sp³-hybridized carbons (Fsp3) is 0.267. The molecule has 0 fully saturated rings. The number of pyridine rings is 1. The number of nitrogens with zero attached hydrogens (tertiary/aromatic N) is 1. The summed E-state index contributed by atoms with van der Waals surface area (Å²) < 4.78 is 26.6. The molecular formula is C15H16F2N2. The molecule has 4 heteroatoms. The molecule has 100 valence electrons.